The lowest BCUT2D eigenvalue weighted by molar-refractivity contribution is -0.118. The second kappa shape index (κ2) is 5.39. The van der Waals surface area contributed by atoms with Crippen molar-refractivity contribution in [2.45, 2.75) is 26.2 Å². The Balaban J connectivity index is 2.54. The fourth-order valence-corrected chi connectivity index (χ4v) is 1.21. The minimum absolute atomic E-state index is 0.0745. The van der Waals surface area contributed by atoms with Gasteiger partial charge in [0.1, 0.15) is 11.6 Å². The van der Waals surface area contributed by atoms with E-state index in [-0.39, 0.29) is 30.2 Å². The van der Waals surface area contributed by atoms with Gasteiger partial charge < -0.3 is 0 Å². The number of carbonyl (C=O) groups is 2. The lowest BCUT2D eigenvalue weighted by atomic mass is 10.0. The first-order chi connectivity index (χ1) is 7.13. The number of Topliss-reactive ketones (excluding diaryl/α,β-unsaturated/α-hetero) is 2. The van der Waals surface area contributed by atoms with Crippen LogP contribution >= 0.6 is 0 Å². The molecule has 0 aliphatic heterocycles. The Kier molecular flexibility index (Phi) is 4.16. The maximum absolute atomic E-state index is 12.6. The van der Waals surface area contributed by atoms with Gasteiger partial charge in [0, 0.05) is 24.8 Å². The van der Waals surface area contributed by atoms with Crippen molar-refractivity contribution < 1.29 is 14.0 Å². The van der Waals surface area contributed by atoms with E-state index < -0.39 is 0 Å². The van der Waals surface area contributed by atoms with E-state index in [1.54, 1.807) is 6.92 Å². The van der Waals surface area contributed by atoms with Crippen LogP contribution in [0.2, 0.25) is 0 Å². The molecule has 1 aromatic rings. The molecular weight excluding hydrogens is 195 g/mol. The van der Waals surface area contributed by atoms with Crippen LogP contribution in [0.5, 0.6) is 0 Å². The summed E-state index contributed by atoms with van der Waals surface area (Å²) in [5.41, 5.74) is 0.459. The number of halogens is 1. The van der Waals surface area contributed by atoms with E-state index in [0.717, 1.165) is 0 Å². The van der Waals surface area contributed by atoms with Gasteiger partial charge in [-0.1, -0.05) is 6.92 Å². The smallest absolute Gasteiger partial charge is 0.163 e. The summed E-state index contributed by atoms with van der Waals surface area (Å²) >= 11 is 0. The highest BCUT2D eigenvalue weighted by molar-refractivity contribution is 5.98. The molecule has 15 heavy (non-hydrogen) atoms. The van der Waals surface area contributed by atoms with Crippen LogP contribution in [0, 0.1) is 5.82 Å². The van der Waals surface area contributed by atoms with E-state index in [1.807, 2.05) is 0 Å². The number of rotatable bonds is 5. The summed E-state index contributed by atoms with van der Waals surface area (Å²) in [7, 11) is 0. The van der Waals surface area contributed by atoms with E-state index in [9.17, 15) is 14.0 Å². The van der Waals surface area contributed by atoms with Crippen molar-refractivity contribution in [1.82, 2.24) is 0 Å². The van der Waals surface area contributed by atoms with E-state index >= 15 is 0 Å². The van der Waals surface area contributed by atoms with E-state index in [2.05, 4.69) is 0 Å². The average Bonchev–Trinajstić information content (AvgIpc) is 2.26. The van der Waals surface area contributed by atoms with Crippen LogP contribution < -0.4 is 0 Å². The molecule has 0 aliphatic carbocycles. The third-order valence-electron chi connectivity index (χ3n) is 2.19. The minimum Gasteiger partial charge on any atom is -0.300 e. The summed E-state index contributed by atoms with van der Waals surface area (Å²) in [6.45, 7) is 1.77. The highest BCUT2D eigenvalue weighted by Gasteiger charge is 2.07. The predicted molar refractivity (Wildman–Crippen MR) is 55.3 cm³/mol. The summed E-state index contributed by atoms with van der Waals surface area (Å²) < 4.78 is 12.6. The van der Waals surface area contributed by atoms with Crippen LogP contribution in [-0.2, 0) is 4.79 Å². The molecule has 0 radical (unpaired) electrons. The Bertz CT molecular complexity index is 354. The average molecular weight is 208 g/mol. The molecule has 80 valence electrons. The summed E-state index contributed by atoms with van der Waals surface area (Å²) in [6.07, 6.45) is 0.932. The molecule has 0 unspecified atom stereocenters. The molecular formula is C12H13FO2. The van der Waals surface area contributed by atoms with Gasteiger partial charge in [-0.2, -0.15) is 0 Å². The molecule has 0 aromatic heterocycles. The standard InChI is InChI=1S/C12H13FO2/c1-2-11(14)7-8-12(15)9-3-5-10(13)6-4-9/h3-6H,2,7-8H2,1H3. The Morgan fingerprint density at radius 1 is 1.13 bits per heavy atom. The summed E-state index contributed by atoms with van der Waals surface area (Å²) in [5, 5.41) is 0. The van der Waals surface area contributed by atoms with Gasteiger partial charge in [0.15, 0.2) is 5.78 Å². The maximum atomic E-state index is 12.6. The van der Waals surface area contributed by atoms with E-state index in [1.165, 1.54) is 24.3 Å². The molecule has 3 heteroatoms. The Morgan fingerprint density at radius 3 is 2.27 bits per heavy atom. The highest BCUT2D eigenvalue weighted by Crippen LogP contribution is 2.08. The molecule has 0 atom stereocenters. The summed E-state index contributed by atoms with van der Waals surface area (Å²) in [5.74, 6) is -0.404. The number of benzene rings is 1. The van der Waals surface area contributed by atoms with Gasteiger partial charge in [-0.05, 0) is 24.3 Å². The zero-order chi connectivity index (χ0) is 11.3. The van der Waals surface area contributed by atoms with E-state index in [4.69, 9.17) is 0 Å². The Morgan fingerprint density at radius 2 is 1.73 bits per heavy atom. The fourth-order valence-electron chi connectivity index (χ4n) is 1.21. The lowest BCUT2D eigenvalue weighted by Crippen LogP contribution is -2.03. The number of ketones is 2. The van der Waals surface area contributed by atoms with Crippen LogP contribution in [0.3, 0.4) is 0 Å². The Labute approximate surface area is 88.1 Å². The van der Waals surface area contributed by atoms with Gasteiger partial charge in [-0.3, -0.25) is 9.59 Å². The summed E-state index contributed by atoms with van der Waals surface area (Å²) in [4.78, 5) is 22.5. The van der Waals surface area contributed by atoms with Gasteiger partial charge in [0.2, 0.25) is 0 Å². The van der Waals surface area contributed by atoms with Crippen LogP contribution in [0.15, 0.2) is 24.3 Å². The lowest BCUT2D eigenvalue weighted by Gasteiger charge is -1.99. The zero-order valence-electron chi connectivity index (χ0n) is 8.63. The monoisotopic (exact) mass is 208 g/mol. The van der Waals surface area contributed by atoms with Gasteiger partial charge in [0.05, 0.1) is 0 Å². The Hall–Kier alpha value is -1.51. The molecule has 1 aromatic carbocycles. The summed E-state index contributed by atoms with van der Waals surface area (Å²) in [6, 6.07) is 5.37. The number of hydrogen-bond donors (Lipinski definition) is 0. The molecule has 0 spiro atoms. The van der Waals surface area contributed by atoms with Crippen molar-refractivity contribution >= 4 is 11.6 Å². The zero-order valence-corrected chi connectivity index (χ0v) is 8.63. The topological polar surface area (TPSA) is 34.1 Å². The van der Waals surface area contributed by atoms with Gasteiger partial charge in [0.25, 0.3) is 0 Å². The molecule has 0 saturated carbocycles. The molecule has 0 amide bonds. The van der Waals surface area contributed by atoms with Gasteiger partial charge in [-0.15, -0.1) is 0 Å². The molecule has 1 rings (SSSR count). The fraction of sp³-hybridized carbons (Fsp3) is 0.333. The van der Waals surface area contributed by atoms with Crippen LogP contribution in [0.1, 0.15) is 36.5 Å². The second-order valence-electron chi connectivity index (χ2n) is 3.32. The van der Waals surface area contributed by atoms with Crippen LogP contribution in [0.4, 0.5) is 4.39 Å². The SMILES string of the molecule is CCC(=O)CCC(=O)c1ccc(F)cc1. The third kappa shape index (κ3) is 3.62. The molecule has 0 heterocycles. The number of hydrogen-bond acceptors (Lipinski definition) is 2. The molecule has 2 nitrogen and oxygen atoms in total. The number of carbonyl (C=O) groups excluding carboxylic acids is 2. The normalized spacial score (nSPS) is 10.0. The van der Waals surface area contributed by atoms with Crippen molar-refractivity contribution in [3.05, 3.63) is 35.6 Å². The van der Waals surface area contributed by atoms with E-state index in [0.29, 0.717) is 12.0 Å². The first-order valence-electron chi connectivity index (χ1n) is 4.94. The van der Waals surface area contributed by atoms with Crippen molar-refractivity contribution in [3.8, 4) is 0 Å². The molecule has 0 fully saturated rings. The molecule has 0 saturated heterocycles. The van der Waals surface area contributed by atoms with Gasteiger partial charge >= 0.3 is 0 Å². The van der Waals surface area contributed by atoms with Gasteiger partial charge in [-0.25, -0.2) is 4.39 Å². The van der Waals surface area contributed by atoms with Crippen molar-refractivity contribution in [3.63, 3.8) is 0 Å². The first kappa shape index (κ1) is 11.6. The molecule has 0 bridgehead atoms. The maximum Gasteiger partial charge on any atom is 0.163 e. The first-order valence-corrected chi connectivity index (χ1v) is 4.94. The second-order valence-corrected chi connectivity index (χ2v) is 3.32. The molecule has 0 N–H and O–H groups in total. The van der Waals surface area contributed by atoms with Crippen LogP contribution in [-0.4, -0.2) is 11.6 Å². The van der Waals surface area contributed by atoms with Crippen molar-refractivity contribution in [2.75, 3.05) is 0 Å². The predicted octanol–water partition coefficient (Wildman–Crippen LogP) is 2.77. The molecule has 0 aliphatic rings. The quantitative estimate of drug-likeness (QED) is 0.697. The third-order valence-corrected chi connectivity index (χ3v) is 2.19. The van der Waals surface area contributed by atoms with Crippen molar-refractivity contribution in [2.24, 2.45) is 0 Å². The largest absolute Gasteiger partial charge is 0.300 e. The van der Waals surface area contributed by atoms with Crippen molar-refractivity contribution in [1.29, 1.82) is 0 Å². The highest BCUT2D eigenvalue weighted by atomic mass is 19.1. The van der Waals surface area contributed by atoms with Crippen LogP contribution in [0.25, 0.3) is 0 Å². The minimum atomic E-state index is -0.365.